The number of hydrogen-bond donors (Lipinski definition) is 2. The average Bonchev–Trinajstić information content (AvgIpc) is 2.95. The molecule has 0 bridgehead atoms. The van der Waals surface area contributed by atoms with Gasteiger partial charge in [0.2, 0.25) is 11.8 Å². The molecule has 3 rings (SSSR count). The van der Waals surface area contributed by atoms with Gasteiger partial charge in [-0.25, -0.2) is 4.98 Å². The summed E-state index contributed by atoms with van der Waals surface area (Å²) in [4.78, 5) is 16.8. The zero-order valence-electron chi connectivity index (χ0n) is 15.2. The minimum atomic E-state index is 0. The zero-order chi connectivity index (χ0) is 17.0. The maximum absolute atomic E-state index is 12.3. The summed E-state index contributed by atoms with van der Waals surface area (Å²) in [7, 11) is 0. The van der Waals surface area contributed by atoms with Crippen LogP contribution in [0.4, 0.5) is 0 Å². The number of rotatable bonds is 5. The highest BCUT2D eigenvalue weighted by atomic mass is 35.5. The summed E-state index contributed by atoms with van der Waals surface area (Å²) in [6.07, 6.45) is 2.44. The van der Waals surface area contributed by atoms with Crippen LogP contribution in [0.25, 0.3) is 11.5 Å². The van der Waals surface area contributed by atoms with Crippen LogP contribution in [0.15, 0.2) is 34.7 Å². The van der Waals surface area contributed by atoms with E-state index >= 15 is 0 Å². The predicted octanol–water partition coefficient (Wildman–Crippen LogP) is 3.54. The number of amides is 1. The molecular formula is C19H27Cl2N3O2. The molecule has 2 heterocycles. The summed E-state index contributed by atoms with van der Waals surface area (Å²) in [5.41, 5.74) is 1.82. The van der Waals surface area contributed by atoms with Gasteiger partial charge in [0.1, 0.15) is 5.76 Å². The highest BCUT2D eigenvalue weighted by Gasteiger charge is 2.27. The molecule has 7 heteroatoms. The van der Waals surface area contributed by atoms with Crippen molar-refractivity contribution in [1.29, 1.82) is 0 Å². The van der Waals surface area contributed by atoms with E-state index in [0.29, 0.717) is 17.3 Å². The van der Waals surface area contributed by atoms with Crippen molar-refractivity contribution >= 4 is 30.7 Å². The molecule has 1 amide bonds. The van der Waals surface area contributed by atoms with Crippen LogP contribution in [-0.2, 0) is 11.2 Å². The number of benzene rings is 1. The van der Waals surface area contributed by atoms with Gasteiger partial charge in [-0.15, -0.1) is 24.8 Å². The Bertz CT molecular complexity index is 698. The molecule has 2 N–H and O–H groups in total. The van der Waals surface area contributed by atoms with Gasteiger partial charge < -0.3 is 15.1 Å². The summed E-state index contributed by atoms with van der Waals surface area (Å²) in [6, 6.07) is 9.75. The van der Waals surface area contributed by atoms with Crippen LogP contribution in [0.2, 0.25) is 0 Å². The van der Waals surface area contributed by atoms with Crippen LogP contribution in [-0.4, -0.2) is 30.5 Å². The Morgan fingerprint density at radius 1 is 1.23 bits per heavy atom. The molecule has 0 radical (unpaired) electrons. The SMILES string of the molecule is Cc1oc(-c2ccccc2)nc1CC(=O)NCC1(C)CCNCC1.Cl.Cl. The van der Waals surface area contributed by atoms with Gasteiger partial charge in [-0.05, 0) is 50.4 Å². The van der Waals surface area contributed by atoms with Crippen LogP contribution in [0.3, 0.4) is 0 Å². The number of oxazole rings is 1. The summed E-state index contributed by atoms with van der Waals surface area (Å²) < 4.78 is 5.72. The number of hydrogen-bond acceptors (Lipinski definition) is 4. The van der Waals surface area contributed by atoms with Crippen LogP contribution < -0.4 is 10.6 Å². The molecular weight excluding hydrogens is 373 g/mol. The second-order valence-electron chi connectivity index (χ2n) is 6.90. The van der Waals surface area contributed by atoms with Gasteiger partial charge in [-0.2, -0.15) is 0 Å². The Kier molecular flexibility index (Phi) is 8.60. The number of aryl methyl sites for hydroxylation is 1. The van der Waals surface area contributed by atoms with Crippen LogP contribution in [0, 0.1) is 12.3 Å². The van der Waals surface area contributed by atoms with Crippen molar-refractivity contribution < 1.29 is 9.21 Å². The van der Waals surface area contributed by atoms with Crippen molar-refractivity contribution in [1.82, 2.24) is 15.6 Å². The second-order valence-corrected chi connectivity index (χ2v) is 6.90. The molecule has 144 valence electrons. The van der Waals surface area contributed by atoms with Crippen LogP contribution in [0.1, 0.15) is 31.2 Å². The van der Waals surface area contributed by atoms with Gasteiger partial charge in [0.15, 0.2) is 0 Å². The van der Waals surface area contributed by atoms with E-state index in [1.54, 1.807) is 0 Å². The summed E-state index contributed by atoms with van der Waals surface area (Å²) >= 11 is 0. The highest BCUT2D eigenvalue weighted by Crippen LogP contribution is 2.27. The number of nitrogens with one attached hydrogen (secondary N) is 2. The second kappa shape index (κ2) is 9.95. The van der Waals surface area contributed by atoms with Crippen molar-refractivity contribution in [2.75, 3.05) is 19.6 Å². The summed E-state index contributed by atoms with van der Waals surface area (Å²) in [5, 5.41) is 6.43. The first-order valence-electron chi connectivity index (χ1n) is 8.55. The normalized spacial score (nSPS) is 15.5. The molecule has 2 aromatic rings. The van der Waals surface area contributed by atoms with Crippen molar-refractivity contribution in [2.24, 2.45) is 5.41 Å². The fourth-order valence-corrected chi connectivity index (χ4v) is 3.03. The Balaban J connectivity index is 0.00000169. The van der Waals surface area contributed by atoms with Crippen LogP contribution in [0.5, 0.6) is 0 Å². The van der Waals surface area contributed by atoms with Gasteiger partial charge >= 0.3 is 0 Å². The molecule has 1 aromatic carbocycles. The molecule has 26 heavy (non-hydrogen) atoms. The third-order valence-electron chi connectivity index (χ3n) is 4.76. The Morgan fingerprint density at radius 3 is 2.54 bits per heavy atom. The molecule has 1 saturated heterocycles. The minimum absolute atomic E-state index is 0. The lowest BCUT2D eigenvalue weighted by molar-refractivity contribution is -0.121. The first kappa shape index (κ1) is 22.5. The number of aromatic nitrogens is 1. The maximum atomic E-state index is 12.3. The van der Waals surface area contributed by atoms with Gasteiger partial charge in [-0.3, -0.25) is 4.79 Å². The van der Waals surface area contributed by atoms with Crippen LogP contribution >= 0.6 is 24.8 Å². The third-order valence-corrected chi connectivity index (χ3v) is 4.76. The largest absolute Gasteiger partial charge is 0.441 e. The number of piperidine rings is 1. The lowest BCUT2D eigenvalue weighted by atomic mass is 9.81. The lowest BCUT2D eigenvalue weighted by Gasteiger charge is -2.34. The van der Waals surface area contributed by atoms with E-state index in [-0.39, 0.29) is 42.6 Å². The minimum Gasteiger partial charge on any atom is -0.441 e. The Hall–Kier alpha value is -1.56. The molecule has 0 aliphatic carbocycles. The van der Waals surface area contributed by atoms with Gasteiger partial charge in [-0.1, -0.05) is 25.1 Å². The lowest BCUT2D eigenvalue weighted by Crippen LogP contribution is -2.43. The fourth-order valence-electron chi connectivity index (χ4n) is 3.03. The molecule has 0 saturated carbocycles. The zero-order valence-corrected chi connectivity index (χ0v) is 16.8. The fraction of sp³-hybridized carbons (Fsp3) is 0.474. The van der Waals surface area contributed by atoms with E-state index in [0.717, 1.165) is 38.0 Å². The maximum Gasteiger partial charge on any atom is 0.226 e. The standard InChI is InChI=1S/C19H25N3O2.2ClH/c1-14-16(22-18(24-14)15-6-4-3-5-7-15)12-17(23)21-13-19(2)8-10-20-11-9-19;;/h3-7,20H,8-13H2,1-2H3,(H,21,23);2*1H. The molecule has 1 aliphatic rings. The predicted molar refractivity (Wildman–Crippen MR) is 108 cm³/mol. The van der Waals surface area contributed by atoms with Crippen molar-refractivity contribution in [2.45, 2.75) is 33.1 Å². The van der Waals surface area contributed by atoms with Gasteiger partial charge in [0.25, 0.3) is 0 Å². The Labute approximate surface area is 167 Å². The van der Waals surface area contributed by atoms with E-state index in [1.165, 1.54) is 0 Å². The molecule has 0 atom stereocenters. The van der Waals surface area contributed by atoms with E-state index in [2.05, 4.69) is 22.5 Å². The smallest absolute Gasteiger partial charge is 0.226 e. The number of carbonyl (C=O) groups excluding carboxylic acids is 1. The highest BCUT2D eigenvalue weighted by molar-refractivity contribution is 5.85. The molecule has 1 aromatic heterocycles. The number of halogens is 2. The molecule has 1 aliphatic heterocycles. The molecule has 0 spiro atoms. The molecule has 1 fully saturated rings. The first-order chi connectivity index (χ1) is 11.6. The topological polar surface area (TPSA) is 67.2 Å². The van der Waals surface area contributed by atoms with E-state index < -0.39 is 0 Å². The van der Waals surface area contributed by atoms with Crippen molar-refractivity contribution in [3.8, 4) is 11.5 Å². The van der Waals surface area contributed by atoms with Crippen molar-refractivity contribution in [3.63, 3.8) is 0 Å². The number of nitrogens with zero attached hydrogens (tertiary/aromatic N) is 1. The van der Waals surface area contributed by atoms with Gasteiger partial charge in [0.05, 0.1) is 12.1 Å². The van der Waals surface area contributed by atoms with E-state index in [4.69, 9.17) is 4.42 Å². The monoisotopic (exact) mass is 399 g/mol. The first-order valence-corrected chi connectivity index (χ1v) is 8.55. The van der Waals surface area contributed by atoms with Crippen molar-refractivity contribution in [3.05, 3.63) is 41.8 Å². The molecule has 0 unspecified atom stereocenters. The van der Waals surface area contributed by atoms with E-state index in [9.17, 15) is 4.79 Å². The van der Waals surface area contributed by atoms with E-state index in [1.807, 2.05) is 37.3 Å². The third kappa shape index (κ3) is 5.73. The summed E-state index contributed by atoms with van der Waals surface area (Å²) in [5.74, 6) is 1.28. The quantitative estimate of drug-likeness (QED) is 0.806. The summed E-state index contributed by atoms with van der Waals surface area (Å²) in [6.45, 7) is 6.86. The van der Waals surface area contributed by atoms with Gasteiger partial charge in [0, 0.05) is 12.1 Å². The Morgan fingerprint density at radius 2 is 1.88 bits per heavy atom. The molecule has 5 nitrogen and oxygen atoms in total. The number of carbonyl (C=O) groups is 1. The average molecular weight is 400 g/mol.